The SMILES string of the molecule is c1ccc(-c2nc(-c3cccc(-c4cccc(-c5cccc6c5-c5cc7c(cc5C65CCCCC5)-c5ccccc5C75CCCCC5)c4)c3)c3oc4ccccc4c3n2)cc1. The van der Waals surface area contributed by atoms with Gasteiger partial charge >= 0.3 is 0 Å². The Morgan fingerprint density at radius 2 is 0.967 bits per heavy atom. The summed E-state index contributed by atoms with van der Waals surface area (Å²) in [5, 5.41) is 0.998. The quantitative estimate of drug-likeness (QED) is 0.178. The number of benzene rings is 7. The molecule has 0 atom stereocenters. The Bertz CT molecular complexity index is 3210. The number of hydrogen-bond donors (Lipinski definition) is 0. The van der Waals surface area contributed by atoms with Crippen LogP contribution in [0.1, 0.15) is 86.5 Å². The first-order valence-electron chi connectivity index (χ1n) is 22.6. The molecular weight excluding hydrogens is 741 g/mol. The molecule has 61 heavy (non-hydrogen) atoms. The number of hydrogen-bond acceptors (Lipinski definition) is 3. The molecule has 0 saturated heterocycles. The van der Waals surface area contributed by atoms with Crippen molar-refractivity contribution in [3.8, 4) is 67.2 Å². The van der Waals surface area contributed by atoms with Crippen LogP contribution in [0.25, 0.3) is 89.2 Å². The monoisotopic (exact) mass is 786 g/mol. The van der Waals surface area contributed by atoms with Gasteiger partial charge in [-0.1, -0.05) is 160 Å². The highest BCUT2D eigenvalue weighted by Gasteiger charge is 2.49. The van der Waals surface area contributed by atoms with E-state index >= 15 is 0 Å². The van der Waals surface area contributed by atoms with E-state index in [1.165, 1.54) is 103 Å². The molecule has 2 aromatic heterocycles. The molecule has 3 nitrogen and oxygen atoms in total. The molecule has 0 radical (unpaired) electrons. The summed E-state index contributed by atoms with van der Waals surface area (Å²) in [7, 11) is 0. The van der Waals surface area contributed by atoms with Crippen molar-refractivity contribution in [2.24, 2.45) is 0 Å². The Balaban J connectivity index is 0.962. The molecule has 0 aliphatic heterocycles. The van der Waals surface area contributed by atoms with E-state index in [2.05, 4.69) is 121 Å². The third-order valence-electron chi connectivity index (χ3n) is 15.1. The van der Waals surface area contributed by atoms with E-state index in [9.17, 15) is 0 Å². The van der Waals surface area contributed by atoms with Gasteiger partial charge in [0.05, 0.1) is 0 Å². The smallest absolute Gasteiger partial charge is 0.180 e. The Morgan fingerprint density at radius 3 is 1.77 bits per heavy atom. The molecule has 4 aliphatic rings. The molecule has 13 rings (SSSR count). The van der Waals surface area contributed by atoms with Crippen LogP contribution < -0.4 is 0 Å². The van der Waals surface area contributed by atoms with Crippen molar-refractivity contribution in [1.29, 1.82) is 0 Å². The Hall–Kier alpha value is -6.58. The fraction of sp³-hybridized carbons (Fsp3) is 0.207. The molecule has 2 saturated carbocycles. The lowest BCUT2D eigenvalue weighted by atomic mass is 9.66. The van der Waals surface area contributed by atoms with Crippen LogP contribution in [0.15, 0.2) is 162 Å². The fourth-order valence-corrected chi connectivity index (χ4v) is 12.3. The van der Waals surface area contributed by atoms with Gasteiger partial charge in [-0.05, 0) is 129 Å². The van der Waals surface area contributed by atoms with Gasteiger partial charge in [0.25, 0.3) is 0 Å². The summed E-state index contributed by atoms with van der Waals surface area (Å²) in [4.78, 5) is 10.3. The average molecular weight is 787 g/mol. The molecular formula is C58H46N2O. The minimum atomic E-state index is 0.0648. The molecule has 2 fully saturated rings. The first kappa shape index (κ1) is 35.2. The van der Waals surface area contributed by atoms with Crippen molar-refractivity contribution in [3.63, 3.8) is 0 Å². The lowest BCUT2D eigenvalue weighted by molar-refractivity contribution is 0.350. The third kappa shape index (κ3) is 5.16. The van der Waals surface area contributed by atoms with E-state index in [0.29, 0.717) is 11.4 Å². The highest BCUT2D eigenvalue weighted by atomic mass is 16.3. The molecule has 3 heteroatoms. The molecule has 2 heterocycles. The molecule has 4 aliphatic carbocycles. The van der Waals surface area contributed by atoms with Gasteiger partial charge < -0.3 is 4.42 Å². The molecule has 294 valence electrons. The van der Waals surface area contributed by atoms with Crippen LogP contribution in [0.2, 0.25) is 0 Å². The van der Waals surface area contributed by atoms with Crippen LogP contribution in [0.4, 0.5) is 0 Å². The van der Waals surface area contributed by atoms with E-state index in [0.717, 1.165) is 38.9 Å². The second-order valence-electron chi connectivity index (χ2n) is 18.2. The summed E-state index contributed by atoms with van der Waals surface area (Å²) in [5.41, 5.74) is 22.6. The summed E-state index contributed by atoms with van der Waals surface area (Å²) in [6.07, 6.45) is 12.8. The van der Waals surface area contributed by atoms with Crippen molar-refractivity contribution in [2.45, 2.75) is 75.0 Å². The van der Waals surface area contributed by atoms with Gasteiger partial charge in [-0.15, -0.1) is 0 Å². The topological polar surface area (TPSA) is 38.9 Å². The van der Waals surface area contributed by atoms with E-state index < -0.39 is 0 Å². The zero-order valence-corrected chi connectivity index (χ0v) is 34.4. The van der Waals surface area contributed by atoms with Crippen LogP contribution >= 0.6 is 0 Å². The van der Waals surface area contributed by atoms with E-state index in [4.69, 9.17) is 14.4 Å². The summed E-state index contributed by atoms with van der Waals surface area (Å²) in [5.74, 6) is 0.694. The molecule has 0 bridgehead atoms. The normalized spacial score (nSPS) is 16.8. The maximum atomic E-state index is 6.53. The van der Waals surface area contributed by atoms with Gasteiger partial charge in [0.15, 0.2) is 11.4 Å². The predicted molar refractivity (Wildman–Crippen MR) is 250 cm³/mol. The predicted octanol–water partition coefficient (Wildman–Crippen LogP) is 15.5. The molecule has 0 unspecified atom stereocenters. The van der Waals surface area contributed by atoms with Crippen LogP contribution in [-0.2, 0) is 10.8 Å². The molecule has 0 amide bonds. The number of para-hydroxylation sites is 1. The van der Waals surface area contributed by atoms with Gasteiger partial charge in [0.1, 0.15) is 16.8 Å². The van der Waals surface area contributed by atoms with Gasteiger partial charge in [-0.2, -0.15) is 0 Å². The number of nitrogens with zero attached hydrogens (tertiary/aromatic N) is 2. The Kier molecular flexibility index (Phi) is 7.77. The Morgan fingerprint density at radius 1 is 0.393 bits per heavy atom. The molecule has 7 aromatic carbocycles. The maximum Gasteiger partial charge on any atom is 0.180 e. The summed E-state index contributed by atoms with van der Waals surface area (Å²) >= 11 is 0. The zero-order valence-electron chi connectivity index (χ0n) is 34.4. The number of aromatic nitrogens is 2. The maximum absolute atomic E-state index is 6.53. The third-order valence-corrected chi connectivity index (χ3v) is 15.1. The largest absolute Gasteiger partial charge is 0.452 e. The van der Waals surface area contributed by atoms with Crippen molar-refractivity contribution >= 4 is 22.1 Å². The second kappa shape index (κ2) is 13.5. The van der Waals surface area contributed by atoms with Gasteiger partial charge in [0.2, 0.25) is 0 Å². The van der Waals surface area contributed by atoms with Gasteiger partial charge in [-0.25, -0.2) is 9.97 Å². The standard InChI is InChI=1S/C58H46N2O/c1-4-17-37(18-5-1)56-59-53(55-54(60-56)44-24-7-9-28-51(44)61-55)41-22-15-20-39(34-41)38-19-14-21-40(33-38)42-25-16-27-48-52(42)46-36-49-45(35-50(46)58(48)31-12-3-13-32-58)43-23-6-8-26-47(43)57(49)29-10-2-11-30-57/h1,4-9,14-28,33-36H,2-3,10-13,29-32H2. The lowest BCUT2D eigenvalue weighted by Gasteiger charge is -2.37. The van der Waals surface area contributed by atoms with E-state index in [1.807, 2.05) is 36.4 Å². The number of rotatable bonds is 4. The van der Waals surface area contributed by atoms with Crippen LogP contribution in [-0.4, -0.2) is 9.97 Å². The minimum Gasteiger partial charge on any atom is -0.452 e. The first-order chi connectivity index (χ1) is 30.2. The van der Waals surface area contributed by atoms with Gasteiger partial charge in [0, 0.05) is 27.3 Å². The number of furan rings is 1. The summed E-state index contributed by atoms with van der Waals surface area (Å²) in [6.45, 7) is 0. The molecule has 0 N–H and O–H groups in total. The van der Waals surface area contributed by atoms with E-state index in [-0.39, 0.29) is 10.8 Å². The average Bonchev–Trinajstić information content (AvgIpc) is 3.93. The fourth-order valence-electron chi connectivity index (χ4n) is 12.3. The zero-order chi connectivity index (χ0) is 40.1. The number of fused-ring (bicyclic) bond motifs is 13. The van der Waals surface area contributed by atoms with E-state index in [1.54, 1.807) is 22.3 Å². The van der Waals surface area contributed by atoms with Crippen molar-refractivity contribution in [2.75, 3.05) is 0 Å². The highest BCUT2D eigenvalue weighted by Crippen LogP contribution is 2.63. The molecule has 2 spiro atoms. The van der Waals surface area contributed by atoms with Crippen molar-refractivity contribution in [3.05, 3.63) is 180 Å². The van der Waals surface area contributed by atoms with Crippen LogP contribution in [0.5, 0.6) is 0 Å². The van der Waals surface area contributed by atoms with Gasteiger partial charge in [-0.3, -0.25) is 0 Å². The van der Waals surface area contributed by atoms with Crippen molar-refractivity contribution in [1.82, 2.24) is 9.97 Å². The van der Waals surface area contributed by atoms with Crippen molar-refractivity contribution < 1.29 is 4.42 Å². The Labute approximate surface area is 357 Å². The van der Waals surface area contributed by atoms with Crippen LogP contribution in [0, 0.1) is 0 Å². The summed E-state index contributed by atoms with van der Waals surface area (Å²) in [6, 6.07) is 58.5. The first-order valence-corrected chi connectivity index (χ1v) is 22.6. The van der Waals surface area contributed by atoms with Crippen LogP contribution in [0.3, 0.4) is 0 Å². The molecule has 9 aromatic rings. The minimum absolute atomic E-state index is 0.0648. The highest BCUT2D eigenvalue weighted by molar-refractivity contribution is 6.07. The summed E-state index contributed by atoms with van der Waals surface area (Å²) < 4.78 is 6.53. The second-order valence-corrected chi connectivity index (χ2v) is 18.2. The lowest BCUT2D eigenvalue weighted by Crippen LogP contribution is -2.29.